The zero-order chi connectivity index (χ0) is 28.3. The number of ether oxygens (including phenoxy) is 3. The average molecular weight is 574 g/mol. The maximum Gasteiger partial charge on any atom is 0.410 e. The van der Waals surface area contributed by atoms with Crippen LogP contribution in [0.3, 0.4) is 0 Å². The Balaban J connectivity index is 1.27. The van der Waals surface area contributed by atoms with Crippen molar-refractivity contribution in [2.45, 2.75) is 95.5 Å². The van der Waals surface area contributed by atoms with Crippen molar-refractivity contribution in [3.05, 3.63) is 22.6 Å². The molecule has 218 valence electrons. The molecule has 0 unspecified atom stereocenters. The van der Waals surface area contributed by atoms with Gasteiger partial charge in [0.1, 0.15) is 22.9 Å². The van der Waals surface area contributed by atoms with E-state index in [0.717, 1.165) is 51.4 Å². The third-order valence-corrected chi connectivity index (χ3v) is 9.45. The van der Waals surface area contributed by atoms with Gasteiger partial charge in [-0.25, -0.2) is 14.8 Å². The first-order chi connectivity index (χ1) is 19.0. The molecule has 10 nitrogen and oxygen atoms in total. The van der Waals surface area contributed by atoms with E-state index in [1.807, 2.05) is 25.7 Å². The van der Waals surface area contributed by atoms with Crippen molar-refractivity contribution in [1.82, 2.24) is 14.9 Å². The van der Waals surface area contributed by atoms with Crippen LogP contribution in [0.25, 0.3) is 5.76 Å². The van der Waals surface area contributed by atoms with E-state index < -0.39 is 16.8 Å². The molecule has 3 heterocycles. The lowest BCUT2D eigenvalue weighted by Crippen LogP contribution is -2.58. The summed E-state index contributed by atoms with van der Waals surface area (Å²) in [5.74, 6) is -0.206. The molecule has 2 N–H and O–H groups in total. The van der Waals surface area contributed by atoms with Crippen molar-refractivity contribution >= 4 is 35.0 Å². The van der Waals surface area contributed by atoms with Crippen LogP contribution in [0.2, 0.25) is 5.28 Å². The van der Waals surface area contributed by atoms with Gasteiger partial charge in [0.15, 0.2) is 5.79 Å². The lowest BCUT2D eigenvalue weighted by Gasteiger charge is -2.52. The van der Waals surface area contributed by atoms with E-state index in [1.165, 1.54) is 0 Å². The van der Waals surface area contributed by atoms with Crippen molar-refractivity contribution in [2.75, 3.05) is 37.7 Å². The monoisotopic (exact) mass is 573 g/mol. The summed E-state index contributed by atoms with van der Waals surface area (Å²) in [4.78, 5) is 25.7. The van der Waals surface area contributed by atoms with Crippen LogP contribution >= 0.6 is 11.6 Å². The van der Waals surface area contributed by atoms with Crippen LogP contribution in [0.1, 0.15) is 84.3 Å². The first kappa shape index (κ1) is 27.7. The van der Waals surface area contributed by atoms with Gasteiger partial charge < -0.3 is 29.6 Å². The molecule has 1 atom stereocenters. The van der Waals surface area contributed by atoms with Crippen molar-refractivity contribution < 1.29 is 24.1 Å². The fourth-order valence-electron chi connectivity index (χ4n) is 7.25. The van der Waals surface area contributed by atoms with Gasteiger partial charge in [0.25, 0.3) is 0 Å². The van der Waals surface area contributed by atoms with E-state index in [9.17, 15) is 15.3 Å². The molecule has 1 amide bonds. The van der Waals surface area contributed by atoms with Crippen molar-refractivity contribution in [3.63, 3.8) is 0 Å². The van der Waals surface area contributed by atoms with Crippen LogP contribution in [-0.4, -0.2) is 81.6 Å². The number of aliphatic hydroxyl groups excluding tert-OH is 1. The number of anilines is 1. The first-order valence-electron chi connectivity index (χ1n) is 14.6. The SMILES string of the molecule is CC(C)(C)OC(=O)N1CCN(c2cc(/C(O)=C3\CCC[C@@]4(CCCCC45OCCO5)C3=N)nc(Cl)n2)CC12CC2. The summed E-state index contributed by atoms with van der Waals surface area (Å²) < 4.78 is 18.1. The molecule has 2 aliphatic heterocycles. The number of rotatable bonds is 2. The Labute approximate surface area is 240 Å². The molecule has 1 aromatic heterocycles. The molecule has 5 fully saturated rings. The van der Waals surface area contributed by atoms with Crippen LogP contribution < -0.4 is 4.90 Å². The maximum absolute atomic E-state index is 12.9. The number of halogens is 1. The van der Waals surface area contributed by atoms with Crippen LogP contribution in [0.15, 0.2) is 11.6 Å². The summed E-state index contributed by atoms with van der Waals surface area (Å²) in [6.45, 7) is 8.37. The molecular formula is C29H40ClN5O5. The highest BCUT2D eigenvalue weighted by atomic mass is 35.5. The van der Waals surface area contributed by atoms with Crippen molar-refractivity contribution in [1.29, 1.82) is 5.41 Å². The number of aromatic nitrogens is 2. The second-order valence-corrected chi connectivity index (χ2v) is 13.3. The largest absolute Gasteiger partial charge is 0.505 e. The molecule has 1 aromatic rings. The molecule has 6 rings (SSSR count). The van der Waals surface area contributed by atoms with Gasteiger partial charge in [-0.3, -0.25) is 4.90 Å². The normalized spacial score (nSPS) is 28.9. The molecule has 2 saturated heterocycles. The number of hydrogen-bond acceptors (Lipinski definition) is 9. The summed E-state index contributed by atoms with van der Waals surface area (Å²) >= 11 is 6.41. The molecule has 3 saturated carbocycles. The Bertz CT molecular complexity index is 1230. The zero-order valence-electron chi connectivity index (χ0n) is 23.7. The van der Waals surface area contributed by atoms with E-state index in [2.05, 4.69) is 14.9 Å². The first-order valence-corrected chi connectivity index (χ1v) is 15.0. The number of fused-ring (bicyclic) bond motifs is 1. The minimum absolute atomic E-state index is 0.0260. The summed E-state index contributed by atoms with van der Waals surface area (Å²) in [6, 6.07) is 1.75. The van der Waals surface area contributed by atoms with E-state index >= 15 is 0 Å². The Kier molecular flexibility index (Phi) is 6.82. The second-order valence-electron chi connectivity index (χ2n) is 13.0. The Morgan fingerprint density at radius 3 is 2.48 bits per heavy atom. The molecule has 11 heteroatoms. The average Bonchev–Trinajstić information content (AvgIpc) is 3.49. The Morgan fingerprint density at radius 2 is 1.77 bits per heavy atom. The summed E-state index contributed by atoms with van der Waals surface area (Å²) in [5, 5.41) is 20.9. The number of piperazine rings is 1. The Morgan fingerprint density at radius 1 is 1.07 bits per heavy atom. The number of carbonyl (C=O) groups is 1. The smallest absolute Gasteiger partial charge is 0.410 e. The fourth-order valence-corrected chi connectivity index (χ4v) is 7.43. The molecule has 0 radical (unpaired) electrons. The molecule has 5 aliphatic rings. The minimum atomic E-state index is -0.783. The predicted octanol–water partition coefficient (Wildman–Crippen LogP) is 5.50. The van der Waals surface area contributed by atoms with Crippen LogP contribution in [0, 0.1) is 10.8 Å². The lowest BCUT2D eigenvalue weighted by molar-refractivity contribution is -0.236. The highest BCUT2D eigenvalue weighted by molar-refractivity contribution is 6.28. The van der Waals surface area contributed by atoms with E-state index in [0.29, 0.717) is 62.1 Å². The van der Waals surface area contributed by atoms with Gasteiger partial charge in [-0.1, -0.05) is 6.42 Å². The van der Waals surface area contributed by atoms with Gasteiger partial charge in [0, 0.05) is 43.4 Å². The quantitative estimate of drug-likeness (QED) is 0.351. The maximum atomic E-state index is 12.9. The second kappa shape index (κ2) is 9.84. The molecule has 0 aromatic carbocycles. The van der Waals surface area contributed by atoms with E-state index in [1.54, 1.807) is 6.07 Å². The number of aliphatic hydroxyl groups is 1. The van der Waals surface area contributed by atoms with Crippen LogP contribution in [0.4, 0.5) is 10.6 Å². The summed E-state index contributed by atoms with van der Waals surface area (Å²) in [6.07, 6.45) is 7.32. The summed E-state index contributed by atoms with van der Waals surface area (Å²) in [7, 11) is 0. The molecule has 3 spiro atoms. The fraction of sp³-hybridized carbons (Fsp3) is 0.724. The molecule has 0 bridgehead atoms. The zero-order valence-corrected chi connectivity index (χ0v) is 24.5. The third-order valence-electron chi connectivity index (χ3n) is 9.28. The number of amides is 1. The van der Waals surface area contributed by atoms with Gasteiger partial charge in [-0.2, -0.15) is 0 Å². The van der Waals surface area contributed by atoms with E-state index in [4.69, 9.17) is 25.8 Å². The van der Waals surface area contributed by atoms with Crippen LogP contribution in [-0.2, 0) is 14.2 Å². The number of nitrogens with one attached hydrogen (secondary N) is 1. The highest BCUT2D eigenvalue weighted by Gasteiger charge is 2.61. The van der Waals surface area contributed by atoms with Crippen LogP contribution in [0.5, 0.6) is 0 Å². The van der Waals surface area contributed by atoms with E-state index in [-0.39, 0.29) is 22.7 Å². The molecule has 40 heavy (non-hydrogen) atoms. The lowest BCUT2D eigenvalue weighted by atomic mass is 9.59. The number of nitrogens with zero attached hydrogens (tertiary/aromatic N) is 4. The molecular weight excluding hydrogens is 534 g/mol. The third kappa shape index (κ3) is 4.65. The van der Waals surface area contributed by atoms with Gasteiger partial charge in [-0.05, 0) is 77.3 Å². The standard InChI is InChI=1S/C29H40ClN5O5/c1-26(2,3)40-25(37)35-14-13-34(18-27(35)11-12-27)21-17-20(32-24(30)33-21)22(36)19-7-6-9-28(23(19)31)8-4-5-10-29(28)38-15-16-39-29/h17,31,36H,4-16,18H2,1-3H3/b22-19-,31-23?/t28-/m0/s1. The molecule has 3 aliphatic carbocycles. The minimum Gasteiger partial charge on any atom is -0.505 e. The van der Waals surface area contributed by atoms with Gasteiger partial charge in [-0.15, -0.1) is 0 Å². The topological polar surface area (TPSA) is 121 Å². The van der Waals surface area contributed by atoms with Gasteiger partial charge >= 0.3 is 6.09 Å². The predicted molar refractivity (Wildman–Crippen MR) is 151 cm³/mol. The summed E-state index contributed by atoms with van der Waals surface area (Å²) in [5.41, 5.74) is -0.114. The van der Waals surface area contributed by atoms with Gasteiger partial charge in [0.2, 0.25) is 5.28 Å². The van der Waals surface area contributed by atoms with Crippen molar-refractivity contribution in [3.8, 4) is 0 Å². The number of hydrogen-bond donors (Lipinski definition) is 2. The number of allylic oxidation sites excluding steroid dienone is 1. The van der Waals surface area contributed by atoms with Crippen molar-refractivity contribution in [2.24, 2.45) is 5.41 Å². The van der Waals surface area contributed by atoms with Gasteiger partial charge in [0.05, 0.1) is 24.2 Å². The number of carbonyl (C=O) groups excluding carboxylic acids is 1. The highest BCUT2D eigenvalue weighted by Crippen LogP contribution is 2.56. The Hall–Kier alpha value is -2.43.